The van der Waals surface area contributed by atoms with E-state index in [1.807, 2.05) is 12.1 Å². The molecule has 0 bridgehead atoms. The summed E-state index contributed by atoms with van der Waals surface area (Å²) in [6.45, 7) is 2.11. The van der Waals surface area contributed by atoms with Crippen molar-refractivity contribution in [2.45, 2.75) is 12.8 Å². The number of non-ortho nitro benzene ring substituents is 1. The van der Waals surface area contributed by atoms with Crippen molar-refractivity contribution >= 4 is 22.4 Å². The second-order valence-corrected chi connectivity index (χ2v) is 6.17. The van der Waals surface area contributed by atoms with E-state index in [-0.39, 0.29) is 10.6 Å². The van der Waals surface area contributed by atoms with Gasteiger partial charge in [-0.05, 0) is 42.9 Å². The highest BCUT2D eigenvalue weighted by atomic mass is 16.6. The van der Waals surface area contributed by atoms with Crippen molar-refractivity contribution in [2.75, 3.05) is 18.0 Å². The Bertz CT molecular complexity index is 756. The first kappa shape index (κ1) is 13.2. The van der Waals surface area contributed by atoms with Crippen molar-refractivity contribution in [3.63, 3.8) is 0 Å². The summed E-state index contributed by atoms with van der Waals surface area (Å²) in [7, 11) is 0. The Morgan fingerprint density at radius 1 is 1.09 bits per heavy atom. The molecule has 1 fully saturated rings. The van der Waals surface area contributed by atoms with Crippen LogP contribution in [0.1, 0.15) is 12.8 Å². The quantitative estimate of drug-likeness (QED) is 0.483. The van der Waals surface area contributed by atoms with E-state index in [0.717, 1.165) is 41.6 Å². The van der Waals surface area contributed by atoms with E-state index in [1.54, 1.807) is 12.1 Å². The zero-order chi connectivity index (χ0) is 15.1. The van der Waals surface area contributed by atoms with Crippen LogP contribution in [-0.4, -0.2) is 23.0 Å². The second kappa shape index (κ2) is 5.09. The summed E-state index contributed by atoms with van der Waals surface area (Å²) in [6.07, 6.45) is 6.91. The molecule has 22 heavy (non-hydrogen) atoms. The molecule has 1 saturated heterocycles. The average molecular weight is 295 g/mol. The van der Waals surface area contributed by atoms with Crippen LogP contribution in [0.2, 0.25) is 0 Å². The molecule has 0 saturated carbocycles. The number of nitro benzene ring substituents is 1. The van der Waals surface area contributed by atoms with Crippen molar-refractivity contribution in [3.05, 3.63) is 52.6 Å². The molecule has 1 aromatic heterocycles. The molecule has 5 nitrogen and oxygen atoms in total. The Balaban J connectivity index is 1.63. The number of benzene rings is 1. The fourth-order valence-electron chi connectivity index (χ4n) is 3.59. The van der Waals surface area contributed by atoms with Crippen LogP contribution in [0.5, 0.6) is 0 Å². The van der Waals surface area contributed by atoms with E-state index in [9.17, 15) is 10.1 Å². The van der Waals surface area contributed by atoms with E-state index in [1.165, 1.54) is 18.9 Å². The van der Waals surface area contributed by atoms with Gasteiger partial charge < -0.3 is 4.90 Å². The minimum atomic E-state index is -0.370. The summed E-state index contributed by atoms with van der Waals surface area (Å²) < 4.78 is 0. The monoisotopic (exact) mass is 295 g/mol. The van der Waals surface area contributed by atoms with Crippen molar-refractivity contribution < 1.29 is 4.92 Å². The normalized spacial score (nSPS) is 23.7. The smallest absolute Gasteiger partial charge is 0.270 e. The number of nitrogens with zero attached hydrogens (tertiary/aromatic N) is 3. The van der Waals surface area contributed by atoms with Crippen molar-refractivity contribution in [1.82, 2.24) is 4.98 Å². The number of rotatable bonds is 2. The van der Waals surface area contributed by atoms with Crippen LogP contribution in [0.15, 0.2) is 42.5 Å². The van der Waals surface area contributed by atoms with E-state index in [4.69, 9.17) is 4.98 Å². The summed E-state index contributed by atoms with van der Waals surface area (Å²) in [5.41, 5.74) is 0.927. The van der Waals surface area contributed by atoms with E-state index in [2.05, 4.69) is 17.1 Å². The first-order chi connectivity index (χ1) is 10.7. The minimum absolute atomic E-state index is 0.111. The van der Waals surface area contributed by atoms with Gasteiger partial charge in [0.15, 0.2) is 0 Å². The van der Waals surface area contributed by atoms with E-state index in [0.29, 0.717) is 0 Å². The molecule has 0 N–H and O–H groups in total. The highest BCUT2D eigenvalue weighted by molar-refractivity contribution is 5.82. The van der Waals surface area contributed by atoms with E-state index < -0.39 is 0 Å². The molecule has 1 aliphatic heterocycles. The fourth-order valence-corrected chi connectivity index (χ4v) is 3.59. The van der Waals surface area contributed by atoms with Gasteiger partial charge in [-0.2, -0.15) is 0 Å². The molecule has 5 heteroatoms. The molecule has 2 unspecified atom stereocenters. The molecule has 0 spiro atoms. The largest absolute Gasteiger partial charge is 0.356 e. The Morgan fingerprint density at radius 3 is 2.50 bits per heavy atom. The highest BCUT2D eigenvalue weighted by Gasteiger charge is 2.33. The number of pyridine rings is 1. The summed E-state index contributed by atoms with van der Waals surface area (Å²) in [4.78, 5) is 17.5. The number of allylic oxidation sites excluding steroid dienone is 2. The van der Waals surface area contributed by atoms with E-state index >= 15 is 0 Å². The number of fused-ring (bicyclic) bond motifs is 2. The molecule has 2 aliphatic rings. The summed E-state index contributed by atoms with van der Waals surface area (Å²) in [6, 6.07) is 8.76. The Morgan fingerprint density at radius 2 is 1.82 bits per heavy atom. The highest BCUT2D eigenvalue weighted by Crippen LogP contribution is 2.35. The predicted molar refractivity (Wildman–Crippen MR) is 86.0 cm³/mol. The lowest BCUT2D eigenvalue weighted by atomic mass is 9.86. The molecule has 0 radical (unpaired) electrons. The third-order valence-electron chi connectivity index (χ3n) is 4.81. The molecule has 2 heterocycles. The van der Waals surface area contributed by atoms with Gasteiger partial charge in [0.05, 0.1) is 10.4 Å². The van der Waals surface area contributed by atoms with Gasteiger partial charge in [0.2, 0.25) is 0 Å². The third kappa shape index (κ3) is 2.22. The molecular weight excluding hydrogens is 278 g/mol. The Labute approximate surface area is 128 Å². The lowest BCUT2D eigenvalue weighted by molar-refractivity contribution is -0.384. The van der Waals surface area contributed by atoms with Crippen LogP contribution in [0.25, 0.3) is 10.9 Å². The minimum Gasteiger partial charge on any atom is -0.356 e. The number of anilines is 1. The Kier molecular flexibility index (Phi) is 3.06. The fraction of sp³-hybridized carbons (Fsp3) is 0.353. The number of hydrogen-bond donors (Lipinski definition) is 0. The maximum absolute atomic E-state index is 10.8. The maximum Gasteiger partial charge on any atom is 0.270 e. The molecular formula is C17H17N3O2. The topological polar surface area (TPSA) is 59.3 Å². The van der Waals surface area contributed by atoms with Crippen molar-refractivity contribution in [2.24, 2.45) is 11.8 Å². The van der Waals surface area contributed by atoms with Crippen molar-refractivity contribution in [3.8, 4) is 0 Å². The van der Waals surface area contributed by atoms with Gasteiger partial charge in [-0.15, -0.1) is 0 Å². The number of nitro groups is 1. The molecule has 4 rings (SSSR count). The van der Waals surface area contributed by atoms with Crippen LogP contribution < -0.4 is 4.90 Å². The van der Waals surface area contributed by atoms with Crippen molar-refractivity contribution in [1.29, 1.82) is 0 Å². The maximum atomic E-state index is 10.8. The average Bonchev–Trinajstić information content (AvgIpc) is 2.97. The predicted octanol–water partition coefficient (Wildman–Crippen LogP) is 3.55. The van der Waals surface area contributed by atoms with Crippen LogP contribution >= 0.6 is 0 Å². The summed E-state index contributed by atoms with van der Waals surface area (Å²) in [5, 5.41) is 11.7. The van der Waals surface area contributed by atoms with Gasteiger partial charge in [0.25, 0.3) is 5.69 Å². The van der Waals surface area contributed by atoms with Gasteiger partial charge in [-0.1, -0.05) is 12.2 Å². The molecule has 2 aromatic rings. The van der Waals surface area contributed by atoms with Gasteiger partial charge >= 0.3 is 0 Å². The molecule has 112 valence electrons. The van der Waals surface area contributed by atoms with Gasteiger partial charge in [-0.25, -0.2) is 4.98 Å². The second-order valence-electron chi connectivity index (χ2n) is 6.17. The summed E-state index contributed by atoms with van der Waals surface area (Å²) >= 11 is 0. The SMILES string of the molecule is O=[N+]([O-])c1ccc2nc(N3CC4CC=CCC4C3)ccc2c1. The molecule has 1 aromatic carbocycles. The van der Waals surface area contributed by atoms with Crippen LogP contribution in [0.4, 0.5) is 11.5 Å². The number of hydrogen-bond acceptors (Lipinski definition) is 4. The van der Waals surface area contributed by atoms with Crippen LogP contribution in [-0.2, 0) is 0 Å². The first-order valence-electron chi connectivity index (χ1n) is 7.66. The summed E-state index contributed by atoms with van der Waals surface area (Å²) in [5.74, 6) is 2.45. The van der Waals surface area contributed by atoms with Gasteiger partial charge in [-0.3, -0.25) is 10.1 Å². The van der Waals surface area contributed by atoms with Crippen LogP contribution in [0, 0.1) is 22.0 Å². The molecule has 1 aliphatic carbocycles. The standard InChI is InChI=1S/C17H17N3O2/c21-20(22)15-6-7-16-12(9-15)5-8-17(18-16)19-10-13-3-1-2-4-14(13)11-19/h1-2,5-9,13-14H,3-4,10-11H2. The van der Waals surface area contributed by atoms with Crippen LogP contribution in [0.3, 0.4) is 0 Å². The molecule has 0 amide bonds. The Hall–Kier alpha value is -2.43. The third-order valence-corrected chi connectivity index (χ3v) is 4.81. The lowest BCUT2D eigenvalue weighted by Gasteiger charge is -2.17. The van der Waals surface area contributed by atoms with Gasteiger partial charge in [0, 0.05) is 30.6 Å². The number of aromatic nitrogens is 1. The molecule has 2 atom stereocenters. The zero-order valence-electron chi connectivity index (χ0n) is 12.2. The van der Waals surface area contributed by atoms with Gasteiger partial charge in [0.1, 0.15) is 5.82 Å². The zero-order valence-corrected chi connectivity index (χ0v) is 12.2. The first-order valence-corrected chi connectivity index (χ1v) is 7.66. The lowest BCUT2D eigenvalue weighted by Crippen LogP contribution is -2.20.